The van der Waals surface area contributed by atoms with Gasteiger partial charge in [0.1, 0.15) is 16.5 Å². The molecule has 4 aliphatic carbocycles. The number of carbonyl (C=O) groups is 1. The van der Waals surface area contributed by atoms with Crippen molar-refractivity contribution in [3.05, 3.63) is 35.3 Å². The Hall–Kier alpha value is -1.61. The standard InChI is InChI=1S/C38H55NO5S2/c1-6-29-33-20-26(40)15-17-38(33,5)32-16-18-37(4)30(13-14-31(37)34(32)35(29)42)23(2)9-7-11-27(41)22-46(43,44)28-12-8-10-25(19-28)36-39-24(3)21-45-36/h8,10,12,19,21,23,26,29-35,40,42H,6-7,9,11,13-18,20,22H2,1-5H3/t23-,26-,29-,30-,31+,32+,33+,34+,35-,37-,38-/m1/s1. The summed E-state index contributed by atoms with van der Waals surface area (Å²) in [5.41, 5.74) is 2.05. The quantitative estimate of drug-likeness (QED) is 0.267. The van der Waals surface area contributed by atoms with Crippen LogP contribution in [0.1, 0.15) is 104 Å². The number of sulfone groups is 1. The van der Waals surface area contributed by atoms with Crippen LogP contribution < -0.4 is 0 Å². The van der Waals surface area contributed by atoms with Gasteiger partial charge in [0.25, 0.3) is 0 Å². The molecule has 46 heavy (non-hydrogen) atoms. The van der Waals surface area contributed by atoms with Crippen molar-refractivity contribution in [2.24, 2.45) is 52.3 Å². The van der Waals surface area contributed by atoms with Crippen molar-refractivity contribution in [3.8, 4) is 10.6 Å². The first-order valence-corrected chi connectivity index (χ1v) is 20.4. The first-order chi connectivity index (χ1) is 21.8. The predicted octanol–water partition coefficient (Wildman–Crippen LogP) is 7.89. The second kappa shape index (κ2) is 13.0. The summed E-state index contributed by atoms with van der Waals surface area (Å²) in [6.07, 6.45) is 9.88. The van der Waals surface area contributed by atoms with Gasteiger partial charge in [-0.05, 0) is 123 Å². The van der Waals surface area contributed by atoms with Crippen molar-refractivity contribution in [2.75, 3.05) is 5.75 Å². The minimum Gasteiger partial charge on any atom is -0.393 e. The van der Waals surface area contributed by atoms with Crippen molar-refractivity contribution in [2.45, 2.75) is 122 Å². The van der Waals surface area contributed by atoms with Gasteiger partial charge in [-0.2, -0.15) is 0 Å². The maximum atomic E-state index is 13.2. The summed E-state index contributed by atoms with van der Waals surface area (Å²) in [6.45, 7) is 11.5. The van der Waals surface area contributed by atoms with E-state index in [-0.39, 0.29) is 46.1 Å². The van der Waals surface area contributed by atoms with Crippen molar-refractivity contribution < 1.29 is 23.4 Å². The highest BCUT2D eigenvalue weighted by Gasteiger charge is 2.64. The topological polar surface area (TPSA) is 105 Å². The van der Waals surface area contributed by atoms with Crippen molar-refractivity contribution >= 4 is 27.0 Å². The van der Waals surface area contributed by atoms with E-state index in [0.717, 1.165) is 54.8 Å². The summed E-state index contributed by atoms with van der Waals surface area (Å²) in [6, 6.07) is 6.79. The van der Waals surface area contributed by atoms with Gasteiger partial charge in [-0.15, -0.1) is 11.3 Å². The Morgan fingerprint density at radius 2 is 1.80 bits per heavy atom. The molecule has 0 unspecified atom stereocenters. The molecular formula is C38H55NO5S2. The molecule has 1 heterocycles. The van der Waals surface area contributed by atoms with Crippen LogP contribution in [0.4, 0.5) is 0 Å². The average molecular weight is 670 g/mol. The zero-order chi connectivity index (χ0) is 33.0. The highest BCUT2D eigenvalue weighted by Crippen LogP contribution is 2.69. The first-order valence-electron chi connectivity index (χ1n) is 17.9. The Balaban J connectivity index is 1.07. The molecule has 11 atom stereocenters. The number of fused-ring (bicyclic) bond motifs is 5. The van der Waals surface area contributed by atoms with Gasteiger partial charge in [-0.25, -0.2) is 13.4 Å². The van der Waals surface area contributed by atoms with E-state index in [1.807, 2.05) is 18.4 Å². The highest BCUT2D eigenvalue weighted by atomic mass is 32.2. The van der Waals surface area contributed by atoms with Gasteiger partial charge in [0.2, 0.25) is 0 Å². The van der Waals surface area contributed by atoms with E-state index < -0.39 is 15.6 Å². The number of rotatable bonds is 10. The van der Waals surface area contributed by atoms with Crippen LogP contribution in [0.5, 0.6) is 0 Å². The van der Waals surface area contributed by atoms with Crippen LogP contribution in [-0.2, 0) is 14.6 Å². The van der Waals surface area contributed by atoms with E-state index in [1.165, 1.54) is 30.6 Å². The fourth-order valence-corrected chi connectivity index (χ4v) is 13.6. The fourth-order valence-electron chi connectivity index (χ4n) is 11.4. The van der Waals surface area contributed by atoms with Crippen LogP contribution in [0.15, 0.2) is 34.5 Å². The molecule has 1 aromatic heterocycles. The number of benzene rings is 1. The third-order valence-corrected chi connectivity index (χ3v) is 16.4. The lowest BCUT2D eigenvalue weighted by molar-refractivity contribution is -0.203. The fraction of sp³-hybridized carbons (Fsp3) is 0.737. The number of aryl methyl sites for hydroxylation is 1. The molecule has 6 rings (SSSR count). The maximum absolute atomic E-state index is 13.2. The van der Waals surface area contributed by atoms with Crippen LogP contribution >= 0.6 is 11.3 Å². The Labute approximate surface area is 280 Å². The molecule has 0 spiro atoms. The lowest BCUT2D eigenvalue weighted by atomic mass is 9.41. The second-order valence-corrected chi connectivity index (χ2v) is 19.0. The second-order valence-electron chi connectivity index (χ2n) is 16.1. The minimum absolute atomic E-state index is 0.180. The molecule has 4 fully saturated rings. The molecule has 0 aliphatic heterocycles. The molecule has 2 aromatic rings. The van der Waals surface area contributed by atoms with Gasteiger partial charge in [-0.1, -0.05) is 52.7 Å². The number of nitrogens with zero attached hydrogens (tertiary/aromatic N) is 1. The molecular weight excluding hydrogens is 615 g/mol. The third kappa shape index (κ3) is 6.07. The van der Waals surface area contributed by atoms with Crippen LogP contribution in [-0.4, -0.2) is 47.4 Å². The summed E-state index contributed by atoms with van der Waals surface area (Å²) in [7, 11) is -3.73. The summed E-state index contributed by atoms with van der Waals surface area (Å²) in [4.78, 5) is 17.6. The van der Waals surface area contributed by atoms with E-state index in [2.05, 4.69) is 32.7 Å². The molecule has 8 heteroatoms. The Kier molecular flexibility index (Phi) is 9.70. The molecule has 0 bridgehead atoms. The molecule has 4 saturated carbocycles. The number of aliphatic hydroxyl groups is 2. The van der Waals surface area contributed by atoms with Gasteiger partial charge in [0.15, 0.2) is 9.84 Å². The van der Waals surface area contributed by atoms with Crippen LogP contribution in [0.25, 0.3) is 10.6 Å². The van der Waals surface area contributed by atoms with Crippen LogP contribution in [0.2, 0.25) is 0 Å². The SMILES string of the molecule is CC[C@H]1[C@@H](O)[C@@H]2[C@H](CC[C@]3(C)[C@@H]([C@H](C)CCCC(=O)CS(=O)(=O)c4cccc(-c5nc(C)cs5)c4)CC[C@@H]23)[C@@]2(C)CC[C@@H](O)C[C@@H]12. The van der Waals surface area contributed by atoms with E-state index in [4.69, 9.17) is 0 Å². The Bertz CT molecular complexity index is 1520. The predicted molar refractivity (Wildman–Crippen MR) is 184 cm³/mol. The van der Waals surface area contributed by atoms with Gasteiger partial charge >= 0.3 is 0 Å². The largest absolute Gasteiger partial charge is 0.393 e. The number of hydrogen-bond donors (Lipinski definition) is 2. The lowest BCUT2D eigenvalue weighted by Gasteiger charge is -2.64. The smallest absolute Gasteiger partial charge is 0.185 e. The zero-order valence-electron chi connectivity index (χ0n) is 28.5. The number of hydrogen-bond acceptors (Lipinski definition) is 7. The van der Waals surface area contributed by atoms with E-state index >= 15 is 0 Å². The molecule has 0 saturated heterocycles. The zero-order valence-corrected chi connectivity index (χ0v) is 30.1. The summed E-state index contributed by atoms with van der Waals surface area (Å²) >= 11 is 1.48. The number of carbonyl (C=O) groups excluding carboxylic acids is 1. The normalized spacial score (nSPS) is 38.1. The van der Waals surface area contributed by atoms with Gasteiger partial charge in [-0.3, -0.25) is 4.79 Å². The van der Waals surface area contributed by atoms with Crippen molar-refractivity contribution in [1.82, 2.24) is 4.98 Å². The maximum Gasteiger partial charge on any atom is 0.185 e. The van der Waals surface area contributed by atoms with Crippen molar-refractivity contribution in [3.63, 3.8) is 0 Å². The van der Waals surface area contributed by atoms with E-state index in [9.17, 15) is 23.4 Å². The monoisotopic (exact) mass is 669 g/mol. The molecule has 2 N–H and O–H groups in total. The number of aromatic nitrogens is 1. The van der Waals surface area contributed by atoms with Crippen LogP contribution in [0, 0.1) is 59.2 Å². The molecule has 0 amide bonds. The number of aliphatic hydroxyl groups excluding tert-OH is 2. The van der Waals surface area contributed by atoms with Gasteiger partial charge < -0.3 is 10.2 Å². The molecule has 4 aliphatic rings. The highest BCUT2D eigenvalue weighted by molar-refractivity contribution is 7.92. The molecule has 0 radical (unpaired) electrons. The number of ketones is 1. The molecule has 1 aromatic carbocycles. The summed E-state index contributed by atoms with van der Waals surface area (Å²) in [5.74, 6) is 2.39. The van der Waals surface area contributed by atoms with Crippen LogP contribution in [0.3, 0.4) is 0 Å². The Morgan fingerprint density at radius 1 is 1.07 bits per heavy atom. The summed E-state index contributed by atoms with van der Waals surface area (Å²) < 4.78 is 26.4. The number of Topliss-reactive ketones (excluding diaryl/α,β-unsaturated/α-hetero) is 1. The van der Waals surface area contributed by atoms with Crippen molar-refractivity contribution in [1.29, 1.82) is 0 Å². The number of thiazole rings is 1. The lowest BCUT2D eigenvalue weighted by Crippen LogP contribution is -2.62. The third-order valence-electron chi connectivity index (χ3n) is 13.7. The van der Waals surface area contributed by atoms with Gasteiger partial charge in [0.05, 0.1) is 17.1 Å². The average Bonchev–Trinajstić information content (AvgIpc) is 3.61. The van der Waals surface area contributed by atoms with E-state index in [0.29, 0.717) is 41.9 Å². The Morgan fingerprint density at radius 3 is 2.52 bits per heavy atom. The van der Waals surface area contributed by atoms with Gasteiger partial charge in [0, 0.05) is 23.1 Å². The first kappa shape index (κ1) is 34.3. The molecule has 6 nitrogen and oxygen atoms in total. The molecule has 254 valence electrons. The minimum atomic E-state index is -3.73. The van der Waals surface area contributed by atoms with E-state index in [1.54, 1.807) is 18.2 Å². The summed E-state index contributed by atoms with van der Waals surface area (Å²) in [5, 5.41) is 25.3.